The molecule has 146 valence electrons. The number of rotatable bonds is 8. The third-order valence-corrected chi connectivity index (χ3v) is 5.83. The zero-order chi connectivity index (χ0) is 19.8. The van der Waals surface area contributed by atoms with Crippen molar-refractivity contribution in [2.45, 2.75) is 5.75 Å². The fourth-order valence-electron chi connectivity index (χ4n) is 2.08. The number of urea groups is 1. The number of carbonyl (C=O) groups is 1. The van der Waals surface area contributed by atoms with Crippen LogP contribution in [0.4, 0.5) is 20.0 Å². The van der Waals surface area contributed by atoms with Crippen LogP contribution in [-0.2, 0) is 5.75 Å². The smallest absolute Gasteiger partial charge is 0.325 e. The van der Waals surface area contributed by atoms with Crippen LogP contribution in [0.25, 0.3) is 0 Å². The minimum atomic E-state index is -0.566. The van der Waals surface area contributed by atoms with Crippen molar-refractivity contribution in [2.24, 2.45) is 0 Å². The molecule has 0 aliphatic carbocycles. The first-order chi connectivity index (χ1) is 13.6. The van der Waals surface area contributed by atoms with E-state index in [1.807, 2.05) is 24.3 Å². The van der Waals surface area contributed by atoms with E-state index in [0.29, 0.717) is 17.5 Å². The lowest BCUT2D eigenvalue weighted by Gasteiger charge is -2.05. The summed E-state index contributed by atoms with van der Waals surface area (Å²) in [6, 6.07) is 13.1. The fraction of sp³-hybridized carbons (Fsp3) is 0.167. The molecule has 1 heterocycles. The first kappa shape index (κ1) is 20.6. The van der Waals surface area contributed by atoms with Gasteiger partial charge < -0.3 is 10.1 Å². The summed E-state index contributed by atoms with van der Waals surface area (Å²) in [7, 11) is 0. The number of anilines is 2. The van der Waals surface area contributed by atoms with Gasteiger partial charge in [0.25, 0.3) is 0 Å². The van der Waals surface area contributed by atoms with Gasteiger partial charge in [0, 0.05) is 16.0 Å². The number of nitrogens with one attached hydrogen (secondary N) is 2. The summed E-state index contributed by atoms with van der Waals surface area (Å²) in [4.78, 5) is 11.9. The van der Waals surface area contributed by atoms with Crippen molar-refractivity contribution in [1.29, 1.82) is 0 Å². The summed E-state index contributed by atoms with van der Waals surface area (Å²) in [6.45, 7) is 0.585. The molecule has 0 atom stereocenters. The first-order valence-corrected chi connectivity index (χ1v) is 11.0. The first-order valence-electron chi connectivity index (χ1n) is 8.21. The molecular weight excluding hydrogens is 467 g/mol. The van der Waals surface area contributed by atoms with E-state index >= 15 is 0 Å². The monoisotopic (exact) mass is 482 g/mol. The van der Waals surface area contributed by atoms with Crippen LogP contribution in [-0.4, -0.2) is 28.6 Å². The van der Waals surface area contributed by atoms with E-state index in [1.54, 1.807) is 23.9 Å². The molecule has 0 unspecified atom stereocenters. The minimum Gasteiger partial charge on any atom is -0.493 e. The summed E-state index contributed by atoms with van der Waals surface area (Å²) < 4.78 is 20.2. The van der Waals surface area contributed by atoms with E-state index in [1.165, 1.54) is 23.5 Å². The highest BCUT2D eigenvalue weighted by atomic mass is 79.9. The number of para-hydroxylation sites is 1. The fourth-order valence-corrected chi connectivity index (χ4v) is 3.94. The number of amides is 2. The molecule has 6 nitrogen and oxygen atoms in total. The van der Waals surface area contributed by atoms with Crippen molar-refractivity contribution in [3.8, 4) is 5.75 Å². The van der Waals surface area contributed by atoms with Gasteiger partial charge in [0.05, 0.1) is 12.3 Å². The van der Waals surface area contributed by atoms with Gasteiger partial charge >= 0.3 is 6.03 Å². The van der Waals surface area contributed by atoms with E-state index in [0.717, 1.165) is 21.0 Å². The SMILES string of the molecule is O=C(Nc1nnc(CSCCOc2ccc(Br)cc2)s1)Nc1ccccc1F. The van der Waals surface area contributed by atoms with Gasteiger partial charge in [-0.15, -0.1) is 10.2 Å². The van der Waals surface area contributed by atoms with Crippen LogP contribution in [0.5, 0.6) is 5.75 Å². The van der Waals surface area contributed by atoms with Gasteiger partial charge in [-0.25, -0.2) is 9.18 Å². The molecule has 0 bridgehead atoms. The lowest BCUT2D eigenvalue weighted by atomic mass is 10.3. The van der Waals surface area contributed by atoms with E-state index in [4.69, 9.17) is 4.74 Å². The third kappa shape index (κ3) is 6.47. The van der Waals surface area contributed by atoms with E-state index in [9.17, 15) is 9.18 Å². The number of nitrogens with zero attached hydrogens (tertiary/aromatic N) is 2. The van der Waals surface area contributed by atoms with Crippen LogP contribution in [0.1, 0.15) is 5.01 Å². The van der Waals surface area contributed by atoms with Gasteiger partial charge in [-0.1, -0.05) is 39.4 Å². The van der Waals surface area contributed by atoms with Crippen molar-refractivity contribution in [1.82, 2.24) is 10.2 Å². The Balaban J connectivity index is 1.37. The topological polar surface area (TPSA) is 76.1 Å². The second-order valence-corrected chi connectivity index (χ2v) is 8.50. The van der Waals surface area contributed by atoms with Crippen molar-refractivity contribution in [2.75, 3.05) is 23.0 Å². The van der Waals surface area contributed by atoms with Gasteiger partial charge in [0.2, 0.25) is 5.13 Å². The summed E-state index contributed by atoms with van der Waals surface area (Å²) in [6.07, 6.45) is 0. The largest absolute Gasteiger partial charge is 0.493 e. The molecule has 0 aliphatic heterocycles. The summed E-state index contributed by atoms with van der Waals surface area (Å²) in [5, 5.41) is 14.1. The summed E-state index contributed by atoms with van der Waals surface area (Å²) >= 11 is 6.32. The number of carbonyl (C=O) groups excluding carboxylic acids is 1. The Bertz CT molecular complexity index is 924. The predicted octanol–water partition coefficient (Wildman–Crippen LogP) is 5.40. The van der Waals surface area contributed by atoms with E-state index < -0.39 is 11.8 Å². The molecule has 0 spiro atoms. The Kier molecular flexibility index (Phi) is 7.63. The van der Waals surface area contributed by atoms with Gasteiger partial charge in [0.15, 0.2) is 0 Å². The molecule has 3 rings (SSSR count). The predicted molar refractivity (Wildman–Crippen MR) is 115 cm³/mol. The van der Waals surface area contributed by atoms with Crippen molar-refractivity contribution in [3.05, 3.63) is 63.8 Å². The van der Waals surface area contributed by atoms with Crippen LogP contribution < -0.4 is 15.4 Å². The van der Waals surface area contributed by atoms with Gasteiger partial charge in [-0.2, -0.15) is 11.8 Å². The molecule has 1 aromatic heterocycles. The maximum absolute atomic E-state index is 13.5. The van der Waals surface area contributed by atoms with Crippen molar-refractivity contribution >= 4 is 55.9 Å². The van der Waals surface area contributed by atoms with Crippen LogP contribution in [0, 0.1) is 5.82 Å². The summed E-state index contributed by atoms with van der Waals surface area (Å²) in [5.74, 6) is 1.79. The van der Waals surface area contributed by atoms with Crippen LogP contribution in [0.15, 0.2) is 53.0 Å². The maximum atomic E-state index is 13.5. The molecule has 3 aromatic rings. The molecular formula is C18H16BrFN4O2S2. The average Bonchev–Trinajstić information content (AvgIpc) is 3.12. The number of halogens is 2. The number of hydrogen-bond donors (Lipinski definition) is 2. The van der Waals surface area contributed by atoms with E-state index in [-0.39, 0.29) is 5.69 Å². The standard InChI is InChI=1S/C18H16BrFN4O2S2/c19-12-5-7-13(8-6-12)26-9-10-27-11-16-23-24-18(28-16)22-17(25)21-15-4-2-1-3-14(15)20/h1-8H,9-11H2,(H2,21,22,24,25). The number of ether oxygens (including phenoxy) is 1. The number of aromatic nitrogens is 2. The highest BCUT2D eigenvalue weighted by Gasteiger charge is 2.10. The Morgan fingerprint density at radius 1 is 1.14 bits per heavy atom. The molecule has 2 amide bonds. The van der Waals surface area contributed by atoms with Crippen LogP contribution in [0.3, 0.4) is 0 Å². The molecule has 0 fully saturated rings. The number of benzene rings is 2. The molecule has 28 heavy (non-hydrogen) atoms. The zero-order valence-electron chi connectivity index (χ0n) is 14.5. The molecule has 0 aliphatic rings. The Labute approximate surface area is 178 Å². The number of thioether (sulfide) groups is 1. The van der Waals surface area contributed by atoms with Gasteiger partial charge in [0.1, 0.15) is 16.6 Å². The van der Waals surface area contributed by atoms with Crippen molar-refractivity contribution < 1.29 is 13.9 Å². The molecule has 0 radical (unpaired) electrons. The Morgan fingerprint density at radius 3 is 2.71 bits per heavy atom. The molecule has 10 heteroatoms. The zero-order valence-corrected chi connectivity index (χ0v) is 17.7. The highest BCUT2D eigenvalue weighted by Crippen LogP contribution is 2.21. The highest BCUT2D eigenvalue weighted by molar-refractivity contribution is 9.10. The minimum absolute atomic E-state index is 0.103. The lowest BCUT2D eigenvalue weighted by molar-refractivity contribution is 0.262. The normalized spacial score (nSPS) is 10.5. The molecule has 2 aromatic carbocycles. The number of hydrogen-bond acceptors (Lipinski definition) is 6. The Morgan fingerprint density at radius 2 is 1.93 bits per heavy atom. The second-order valence-electron chi connectivity index (χ2n) is 5.41. The second kappa shape index (κ2) is 10.4. The van der Waals surface area contributed by atoms with Gasteiger partial charge in [-0.3, -0.25) is 5.32 Å². The van der Waals surface area contributed by atoms with E-state index in [2.05, 4.69) is 36.8 Å². The molecule has 0 saturated carbocycles. The van der Waals surface area contributed by atoms with Crippen LogP contribution >= 0.6 is 39.0 Å². The average molecular weight is 483 g/mol. The third-order valence-electron chi connectivity index (χ3n) is 3.34. The summed E-state index contributed by atoms with van der Waals surface area (Å²) in [5.41, 5.74) is 0.103. The lowest BCUT2D eigenvalue weighted by Crippen LogP contribution is -2.19. The molecule has 2 N–H and O–H groups in total. The van der Waals surface area contributed by atoms with Gasteiger partial charge in [-0.05, 0) is 36.4 Å². The maximum Gasteiger partial charge on any atom is 0.325 e. The van der Waals surface area contributed by atoms with Crippen LogP contribution in [0.2, 0.25) is 0 Å². The van der Waals surface area contributed by atoms with Crippen molar-refractivity contribution in [3.63, 3.8) is 0 Å². The quantitative estimate of drug-likeness (QED) is 0.420. The molecule has 0 saturated heterocycles. The Hall–Kier alpha value is -2.17.